The normalized spacial score (nSPS) is 22.0. The van der Waals surface area contributed by atoms with Crippen molar-refractivity contribution in [2.24, 2.45) is 0 Å². The van der Waals surface area contributed by atoms with Crippen molar-refractivity contribution < 1.29 is 5.11 Å². The topological polar surface area (TPSA) is 20.2 Å². The first-order valence-electron chi connectivity index (χ1n) is 2.22. The Hall–Kier alpha value is 1.33. The molecule has 0 saturated heterocycles. The summed E-state index contributed by atoms with van der Waals surface area (Å²) in [6, 6.07) is 0. The zero-order chi connectivity index (χ0) is 6.62. The molecule has 52 valence electrons. The highest BCUT2D eigenvalue weighted by atomic mass is 127. The molecule has 0 spiro atoms. The molecule has 0 amide bonds. The fraction of sp³-hybridized carbons (Fsp3) is 1.00. The number of aliphatic hydroxyl groups is 1. The third-order valence-electron chi connectivity index (χ3n) is 0.744. The Kier molecular flexibility index (Phi) is 4.89. The van der Waals surface area contributed by atoms with Gasteiger partial charge >= 0.3 is 0 Å². The molecule has 1 nitrogen and oxygen atoms in total. The number of hydrogen-bond acceptors (Lipinski definition) is 1. The van der Waals surface area contributed by atoms with Gasteiger partial charge in [0.1, 0.15) is 0 Å². The highest BCUT2D eigenvalue weighted by molar-refractivity contribution is 14.1. The molecule has 1 unspecified atom stereocenters. The standard InChI is InChI=1S/C4H10ClIOS/c1-8(5,4-6)3-2-7/h7H,2-4H2,1H3. The summed E-state index contributed by atoms with van der Waals surface area (Å²) in [5, 5.41) is 8.47. The van der Waals surface area contributed by atoms with Crippen molar-refractivity contribution in [2.75, 3.05) is 22.4 Å². The van der Waals surface area contributed by atoms with Crippen LogP contribution in [0, 0.1) is 0 Å². The number of halogens is 2. The summed E-state index contributed by atoms with van der Waals surface area (Å²) in [6.07, 6.45) is 2.01. The van der Waals surface area contributed by atoms with Crippen molar-refractivity contribution in [1.82, 2.24) is 0 Å². The molecule has 1 atom stereocenters. The average Bonchev–Trinajstić information content (AvgIpc) is 1.67. The molecule has 0 fully saturated rings. The maximum atomic E-state index is 8.47. The van der Waals surface area contributed by atoms with Gasteiger partial charge in [0.05, 0.1) is 6.61 Å². The first kappa shape index (κ1) is 9.33. The smallest absolute Gasteiger partial charge is 0.0517 e. The van der Waals surface area contributed by atoms with Crippen molar-refractivity contribution in [3.63, 3.8) is 0 Å². The Balaban J connectivity index is 3.37. The van der Waals surface area contributed by atoms with E-state index in [0.29, 0.717) is 0 Å². The number of aliphatic hydroxyl groups excluding tert-OH is 1. The largest absolute Gasteiger partial charge is 0.396 e. The molecule has 0 heterocycles. The van der Waals surface area contributed by atoms with Crippen LogP contribution in [0.3, 0.4) is 0 Å². The quantitative estimate of drug-likeness (QED) is 0.613. The van der Waals surface area contributed by atoms with E-state index in [4.69, 9.17) is 15.8 Å². The van der Waals surface area contributed by atoms with Crippen molar-refractivity contribution in [1.29, 1.82) is 0 Å². The van der Waals surface area contributed by atoms with Gasteiger partial charge in [0.25, 0.3) is 0 Å². The molecule has 0 aromatic carbocycles. The van der Waals surface area contributed by atoms with E-state index in [1.165, 1.54) is 0 Å². The van der Waals surface area contributed by atoms with E-state index in [1.807, 2.05) is 6.26 Å². The van der Waals surface area contributed by atoms with Crippen LogP contribution in [0.15, 0.2) is 0 Å². The molecular formula is C4H10ClIOS. The lowest BCUT2D eigenvalue weighted by molar-refractivity contribution is 0.322. The number of alkyl halides is 1. The van der Waals surface area contributed by atoms with Crippen molar-refractivity contribution in [3.8, 4) is 0 Å². The molecule has 0 bridgehead atoms. The fourth-order valence-corrected chi connectivity index (χ4v) is 1.88. The Bertz CT molecular complexity index is 69.1. The molecule has 0 aliphatic rings. The Morgan fingerprint density at radius 2 is 2.25 bits per heavy atom. The van der Waals surface area contributed by atoms with E-state index in [-0.39, 0.29) is 6.61 Å². The minimum atomic E-state index is -0.961. The van der Waals surface area contributed by atoms with Gasteiger partial charge in [-0.2, -0.15) is 9.24 Å². The monoisotopic (exact) mass is 268 g/mol. The van der Waals surface area contributed by atoms with Gasteiger partial charge in [0, 0.05) is 9.51 Å². The highest BCUT2D eigenvalue weighted by Gasteiger charge is 2.10. The lowest BCUT2D eigenvalue weighted by Gasteiger charge is -2.23. The van der Waals surface area contributed by atoms with Gasteiger partial charge in [-0.05, 0) is 6.26 Å². The lowest BCUT2D eigenvalue weighted by atomic mass is 10.9. The minimum Gasteiger partial charge on any atom is -0.396 e. The van der Waals surface area contributed by atoms with Gasteiger partial charge in [0.2, 0.25) is 0 Å². The van der Waals surface area contributed by atoms with E-state index >= 15 is 0 Å². The highest BCUT2D eigenvalue weighted by Crippen LogP contribution is 2.50. The van der Waals surface area contributed by atoms with Gasteiger partial charge in [-0.3, -0.25) is 0 Å². The zero-order valence-electron chi connectivity index (χ0n) is 4.73. The molecular weight excluding hydrogens is 258 g/mol. The predicted octanol–water partition coefficient (Wildman–Crippen LogP) is 1.96. The van der Waals surface area contributed by atoms with Crippen LogP contribution in [0.1, 0.15) is 0 Å². The van der Waals surface area contributed by atoms with E-state index < -0.39 is 9.24 Å². The molecule has 1 N–H and O–H groups in total. The summed E-state index contributed by atoms with van der Waals surface area (Å²) < 4.78 is 0.965. The average molecular weight is 269 g/mol. The molecule has 4 heteroatoms. The van der Waals surface area contributed by atoms with Crippen LogP contribution in [0.5, 0.6) is 0 Å². The van der Waals surface area contributed by atoms with Gasteiger partial charge in [-0.25, -0.2) is 0 Å². The fourth-order valence-electron chi connectivity index (χ4n) is 0.245. The van der Waals surface area contributed by atoms with E-state index in [2.05, 4.69) is 22.6 Å². The number of hydrogen-bond donors (Lipinski definition) is 1. The van der Waals surface area contributed by atoms with Crippen LogP contribution in [0.4, 0.5) is 0 Å². The van der Waals surface area contributed by atoms with Gasteiger partial charge in [-0.15, -0.1) is 0 Å². The summed E-state index contributed by atoms with van der Waals surface area (Å²) in [7, 11) is 4.98. The molecule has 0 aliphatic heterocycles. The maximum Gasteiger partial charge on any atom is 0.0517 e. The second kappa shape index (κ2) is 4.19. The summed E-state index contributed by atoms with van der Waals surface area (Å²) in [6.45, 7) is 0.221. The summed E-state index contributed by atoms with van der Waals surface area (Å²) in [5.41, 5.74) is 0. The summed E-state index contributed by atoms with van der Waals surface area (Å²) in [5.74, 6) is 0.761. The molecule has 0 aromatic heterocycles. The Morgan fingerprint density at radius 1 is 1.75 bits per heavy atom. The van der Waals surface area contributed by atoms with Crippen molar-refractivity contribution in [3.05, 3.63) is 0 Å². The first-order valence-corrected chi connectivity index (χ1v) is 6.95. The summed E-state index contributed by atoms with van der Waals surface area (Å²) >= 11 is 2.25. The van der Waals surface area contributed by atoms with Crippen molar-refractivity contribution >= 4 is 42.5 Å². The van der Waals surface area contributed by atoms with E-state index in [1.54, 1.807) is 0 Å². The first-order chi connectivity index (χ1) is 3.62. The van der Waals surface area contributed by atoms with Crippen LogP contribution in [-0.2, 0) is 0 Å². The van der Waals surface area contributed by atoms with Crippen LogP contribution in [0.2, 0.25) is 0 Å². The van der Waals surface area contributed by atoms with Crippen LogP contribution in [0.25, 0.3) is 0 Å². The molecule has 0 rings (SSSR count). The molecule has 0 saturated carbocycles. The van der Waals surface area contributed by atoms with Crippen LogP contribution in [-0.4, -0.2) is 27.5 Å². The SMILES string of the molecule is CS(Cl)(CI)CCO. The van der Waals surface area contributed by atoms with E-state index in [9.17, 15) is 0 Å². The molecule has 0 radical (unpaired) electrons. The summed E-state index contributed by atoms with van der Waals surface area (Å²) in [4.78, 5) is 0. The number of rotatable bonds is 3. The predicted molar refractivity (Wildman–Crippen MR) is 50.2 cm³/mol. The molecule has 8 heavy (non-hydrogen) atoms. The third kappa shape index (κ3) is 4.23. The third-order valence-corrected chi connectivity index (χ3v) is 8.25. The Labute approximate surface area is 69.8 Å². The molecule has 0 aromatic rings. The van der Waals surface area contributed by atoms with Gasteiger partial charge in [-0.1, -0.05) is 33.3 Å². The van der Waals surface area contributed by atoms with Gasteiger partial charge in [0.15, 0.2) is 0 Å². The second-order valence-electron chi connectivity index (χ2n) is 1.69. The lowest BCUT2D eigenvalue weighted by Crippen LogP contribution is -2.00. The van der Waals surface area contributed by atoms with Gasteiger partial charge < -0.3 is 5.11 Å². The molecule has 0 aliphatic carbocycles. The minimum absolute atomic E-state index is 0.221. The zero-order valence-corrected chi connectivity index (χ0v) is 8.46. The second-order valence-corrected chi connectivity index (χ2v) is 8.73. The van der Waals surface area contributed by atoms with Crippen molar-refractivity contribution in [2.45, 2.75) is 0 Å². The van der Waals surface area contributed by atoms with Crippen LogP contribution < -0.4 is 0 Å². The Morgan fingerprint density at radius 3 is 2.38 bits per heavy atom. The maximum absolute atomic E-state index is 8.47. The van der Waals surface area contributed by atoms with E-state index in [0.717, 1.165) is 9.51 Å². The van der Waals surface area contributed by atoms with Crippen LogP contribution >= 0.6 is 42.5 Å².